The monoisotopic (exact) mass is 302 g/mol. The lowest BCUT2D eigenvalue weighted by molar-refractivity contribution is 0.0906. The molecule has 0 radical (unpaired) electrons. The lowest BCUT2D eigenvalue weighted by Crippen LogP contribution is -2.32. The highest BCUT2D eigenvalue weighted by molar-refractivity contribution is 7.86. The van der Waals surface area contributed by atoms with Crippen LogP contribution < -0.4 is 0 Å². The van der Waals surface area contributed by atoms with Gasteiger partial charge in [-0.15, -0.1) is 0 Å². The van der Waals surface area contributed by atoms with E-state index in [1.54, 1.807) is 4.68 Å². The predicted molar refractivity (Wildman–Crippen MR) is 82.7 cm³/mol. The third-order valence-electron chi connectivity index (χ3n) is 4.97. The summed E-state index contributed by atoms with van der Waals surface area (Å²) >= 11 is 0. The van der Waals surface area contributed by atoms with Gasteiger partial charge in [0.2, 0.25) is 0 Å². The lowest BCUT2D eigenvalue weighted by atomic mass is 9.90. The van der Waals surface area contributed by atoms with Gasteiger partial charge in [-0.2, -0.15) is 5.10 Å². The normalized spacial score (nSPS) is 31.7. The Bertz CT molecular complexity index is 736. The molecule has 21 heavy (non-hydrogen) atoms. The van der Waals surface area contributed by atoms with Crippen LogP contribution in [0.5, 0.6) is 0 Å². The largest absolute Gasteiger partial charge is 0.294 e. The van der Waals surface area contributed by atoms with Crippen LogP contribution in [-0.4, -0.2) is 30.3 Å². The standard InChI is InChI=1S/C16H18N2O2S/c1-18-15-8-10(2-3-11(15)9-17-18)16(19)12-6-13-4-5-14(7-12)21(13)20/h2-3,8-9,12-14H,4-7H2,1H3. The van der Waals surface area contributed by atoms with Gasteiger partial charge in [-0.25, -0.2) is 0 Å². The van der Waals surface area contributed by atoms with Gasteiger partial charge in [-0.1, -0.05) is 12.1 Å². The van der Waals surface area contributed by atoms with E-state index in [1.165, 1.54) is 0 Å². The smallest absolute Gasteiger partial charge is 0.166 e. The zero-order chi connectivity index (χ0) is 14.6. The van der Waals surface area contributed by atoms with Crippen LogP contribution in [-0.2, 0) is 17.8 Å². The van der Waals surface area contributed by atoms with Crippen molar-refractivity contribution in [2.75, 3.05) is 0 Å². The number of benzene rings is 1. The second kappa shape index (κ2) is 4.77. The van der Waals surface area contributed by atoms with Gasteiger partial charge < -0.3 is 0 Å². The van der Waals surface area contributed by atoms with E-state index in [-0.39, 0.29) is 22.2 Å². The zero-order valence-corrected chi connectivity index (χ0v) is 12.8. The molecule has 1 aromatic heterocycles. The zero-order valence-electron chi connectivity index (χ0n) is 12.0. The highest BCUT2D eigenvalue weighted by Gasteiger charge is 2.42. The molecule has 2 fully saturated rings. The van der Waals surface area contributed by atoms with Crippen molar-refractivity contribution < 1.29 is 9.00 Å². The molecule has 2 aromatic rings. The summed E-state index contributed by atoms with van der Waals surface area (Å²) in [7, 11) is 1.19. The maximum Gasteiger partial charge on any atom is 0.166 e. The van der Waals surface area contributed by atoms with E-state index in [9.17, 15) is 9.00 Å². The van der Waals surface area contributed by atoms with Crippen LogP contribution >= 0.6 is 0 Å². The topological polar surface area (TPSA) is 52.0 Å². The molecule has 0 N–H and O–H groups in total. The van der Waals surface area contributed by atoms with E-state index in [0.29, 0.717) is 0 Å². The van der Waals surface area contributed by atoms with Crippen molar-refractivity contribution in [1.82, 2.24) is 9.78 Å². The third-order valence-corrected chi connectivity index (χ3v) is 7.14. The van der Waals surface area contributed by atoms with Crippen LogP contribution in [0, 0.1) is 5.92 Å². The summed E-state index contributed by atoms with van der Waals surface area (Å²) in [6.45, 7) is 0. The number of rotatable bonds is 2. The molecule has 2 atom stereocenters. The van der Waals surface area contributed by atoms with Crippen molar-refractivity contribution in [3.8, 4) is 0 Å². The molecule has 1 aromatic carbocycles. The molecule has 0 amide bonds. The molecule has 2 aliphatic rings. The quantitative estimate of drug-likeness (QED) is 0.801. The van der Waals surface area contributed by atoms with Crippen LogP contribution in [0.15, 0.2) is 24.4 Å². The van der Waals surface area contributed by atoms with Gasteiger partial charge in [0.25, 0.3) is 0 Å². The van der Waals surface area contributed by atoms with E-state index < -0.39 is 10.8 Å². The molecule has 3 heterocycles. The van der Waals surface area contributed by atoms with Gasteiger partial charge >= 0.3 is 0 Å². The number of aryl methyl sites for hydroxylation is 1. The van der Waals surface area contributed by atoms with Crippen LogP contribution in [0.2, 0.25) is 0 Å². The first-order chi connectivity index (χ1) is 10.1. The second-order valence-electron chi connectivity index (χ2n) is 6.22. The van der Waals surface area contributed by atoms with Gasteiger partial charge in [0, 0.05) is 45.2 Å². The Morgan fingerprint density at radius 2 is 2.00 bits per heavy atom. The Morgan fingerprint density at radius 1 is 1.29 bits per heavy atom. The Balaban J connectivity index is 1.64. The van der Waals surface area contributed by atoms with E-state index >= 15 is 0 Å². The highest BCUT2D eigenvalue weighted by atomic mass is 32.2. The van der Waals surface area contributed by atoms with E-state index in [4.69, 9.17) is 0 Å². The molecule has 2 bridgehead atoms. The Kier molecular flexibility index (Phi) is 2.99. The lowest BCUT2D eigenvalue weighted by Gasteiger charge is -2.26. The summed E-state index contributed by atoms with van der Waals surface area (Å²) in [5.74, 6) is 0.262. The van der Waals surface area contributed by atoms with E-state index in [2.05, 4.69) is 5.10 Å². The molecule has 0 aliphatic carbocycles. The minimum Gasteiger partial charge on any atom is -0.294 e. The highest BCUT2D eigenvalue weighted by Crippen LogP contribution is 2.40. The number of ketones is 1. The number of nitrogens with zero attached hydrogens (tertiary/aromatic N) is 2. The van der Waals surface area contributed by atoms with Crippen molar-refractivity contribution in [3.63, 3.8) is 0 Å². The summed E-state index contributed by atoms with van der Waals surface area (Å²) in [4.78, 5) is 12.8. The summed E-state index contributed by atoms with van der Waals surface area (Å²) < 4.78 is 13.9. The van der Waals surface area contributed by atoms with Crippen LogP contribution in [0.4, 0.5) is 0 Å². The SMILES string of the molecule is Cn1ncc2ccc(C(=O)C3CC4CCC(C3)S4=O)cc21. The third kappa shape index (κ3) is 2.06. The molecule has 4 nitrogen and oxygen atoms in total. The van der Waals surface area contributed by atoms with Crippen molar-refractivity contribution in [3.05, 3.63) is 30.0 Å². The average molecular weight is 302 g/mol. The molecule has 0 saturated carbocycles. The summed E-state index contributed by atoms with van der Waals surface area (Å²) in [6.07, 6.45) is 5.47. The van der Waals surface area contributed by atoms with Crippen molar-refractivity contribution >= 4 is 27.5 Å². The molecule has 2 saturated heterocycles. The van der Waals surface area contributed by atoms with Gasteiger partial charge in [0.1, 0.15) is 0 Å². The number of hydrogen-bond donors (Lipinski definition) is 0. The maximum atomic E-state index is 12.8. The molecule has 2 aliphatic heterocycles. The van der Waals surface area contributed by atoms with Gasteiger partial charge in [0.05, 0.1) is 11.7 Å². The fourth-order valence-corrected chi connectivity index (χ4v) is 5.90. The van der Waals surface area contributed by atoms with Crippen molar-refractivity contribution in [1.29, 1.82) is 0 Å². The number of carbonyl (C=O) groups excluding carboxylic acids is 1. The molecule has 110 valence electrons. The van der Waals surface area contributed by atoms with Crippen LogP contribution in [0.25, 0.3) is 10.9 Å². The number of fused-ring (bicyclic) bond motifs is 3. The summed E-state index contributed by atoms with van der Waals surface area (Å²) in [5, 5.41) is 5.77. The first-order valence-corrected chi connectivity index (χ1v) is 8.76. The molecular weight excluding hydrogens is 284 g/mol. The first-order valence-electron chi connectivity index (χ1n) is 7.49. The molecule has 4 rings (SSSR count). The van der Waals surface area contributed by atoms with E-state index in [0.717, 1.165) is 42.1 Å². The summed E-state index contributed by atoms with van der Waals surface area (Å²) in [5.41, 5.74) is 1.76. The molecule has 0 spiro atoms. The number of carbonyl (C=O) groups is 1. The minimum atomic E-state index is -0.698. The predicted octanol–water partition coefficient (Wildman–Crippen LogP) is 2.45. The first kappa shape index (κ1) is 13.2. The summed E-state index contributed by atoms with van der Waals surface area (Å²) in [6, 6.07) is 5.81. The average Bonchev–Trinajstić information content (AvgIpc) is 2.94. The van der Waals surface area contributed by atoms with Crippen molar-refractivity contribution in [2.24, 2.45) is 13.0 Å². The van der Waals surface area contributed by atoms with Crippen molar-refractivity contribution in [2.45, 2.75) is 36.2 Å². The van der Waals surface area contributed by atoms with Gasteiger partial charge in [0.15, 0.2) is 5.78 Å². The number of aromatic nitrogens is 2. The maximum absolute atomic E-state index is 12.8. The molecular formula is C16H18N2O2S. The Morgan fingerprint density at radius 3 is 2.71 bits per heavy atom. The van der Waals surface area contributed by atoms with Gasteiger partial charge in [-0.05, 0) is 31.7 Å². The number of hydrogen-bond acceptors (Lipinski definition) is 3. The van der Waals surface area contributed by atoms with Crippen LogP contribution in [0.3, 0.4) is 0 Å². The van der Waals surface area contributed by atoms with Gasteiger partial charge in [-0.3, -0.25) is 13.7 Å². The molecule has 2 unspecified atom stereocenters. The Labute approximate surface area is 126 Å². The Hall–Kier alpha value is -1.49. The minimum absolute atomic E-state index is 0.0471. The van der Waals surface area contributed by atoms with Crippen LogP contribution in [0.1, 0.15) is 36.0 Å². The second-order valence-corrected chi connectivity index (χ2v) is 8.21. The number of Topliss-reactive ketones (excluding diaryl/α,β-unsaturated/α-hetero) is 1. The molecule has 5 heteroatoms. The fraction of sp³-hybridized carbons (Fsp3) is 0.500. The van der Waals surface area contributed by atoms with E-state index in [1.807, 2.05) is 31.4 Å². The fourth-order valence-electron chi connectivity index (χ4n) is 3.78.